The second kappa shape index (κ2) is 23.4. The van der Waals surface area contributed by atoms with Crippen molar-refractivity contribution in [2.75, 3.05) is 24.6 Å². The molecule has 0 saturated carbocycles. The van der Waals surface area contributed by atoms with Gasteiger partial charge in [0, 0.05) is 7.26 Å². The molecule has 0 radical (unpaired) electrons. The number of rotatable bonds is 25. The Bertz CT molecular complexity index is 671. The van der Waals surface area contributed by atoms with Crippen molar-refractivity contribution < 1.29 is 39.3 Å². The lowest BCUT2D eigenvalue weighted by Gasteiger charge is -2.28. The van der Waals surface area contributed by atoms with Gasteiger partial charge in [-0.25, -0.2) is 17.2 Å². The Morgan fingerprint density at radius 3 is 1.07 bits per heavy atom. The number of unbranched alkanes of at least 4 members (excludes halogenated alkanes) is 14. The predicted octanol–water partition coefficient (Wildman–Crippen LogP) is 11.1. The summed E-state index contributed by atoms with van der Waals surface area (Å²) in [5, 5.41) is -6.31. The van der Waals surface area contributed by atoms with Gasteiger partial charge in [-0.1, -0.05) is 111 Å². The van der Waals surface area contributed by atoms with Crippen LogP contribution in [0.3, 0.4) is 0 Å². The smallest absolute Gasteiger partial charge is 0.402 e. The summed E-state index contributed by atoms with van der Waals surface area (Å²) in [4.78, 5) is 0. The Labute approximate surface area is 242 Å². The minimum absolute atomic E-state index is 0.626. The molecule has 0 fully saturated rings. The molecule has 0 rings (SSSR count). The van der Waals surface area contributed by atoms with E-state index in [2.05, 4.69) is 27.7 Å². The molecule has 0 bridgehead atoms. The van der Waals surface area contributed by atoms with E-state index in [9.17, 15) is 39.3 Å². The maximum Gasteiger partial charge on any atom is 0.402 e. The average molecular weight is 631 g/mol. The molecule has 0 saturated heterocycles. The van der Waals surface area contributed by atoms with E-state index in [-0.39, 0.29) is 0 Å². The molecule has 0 aliphatic carbocycles. The standard InChI is InChI=1S/C26H56P.C3H2F6O3S/c1-5-9-13-14-15-16-17-18-19-20-21-22-26-27(23-10-6-2,24-11-7-3)25-12-8-4;4-1(5)2(6,7)3(8,9)13(10,11)12/h5-26H2,1-4H3;1H,(H,10,11,12)/q+1;/p-1. The van der Waals surface area contributed by atoms with Gasteiger partial charge in [0.1, 0.15) is 0 Å². The lowest BCUT2D eigenvalue weighted by Crippen LogP contribution is -2.51. The van der Waals surface area contributed by atoms with Crippen LogP contribution in [0.1, 0.15) is 143 Å². The van der Waals surface area contributed by atoms with Gasteiger partial charge in [0.05, 0.1) is 24.6 Å². The van der Waals surface area contributed by atoms with Gasteiger partial charge in [0.25, 0.3) is 0 Å². The van der Waals surface area contributed by atoms with Crippen molar-refractivity contribution in [3.8, 4) is 0 Å². The number of hydrogen-bond acceptors (Lipinski definition) is 3. The van der Waals surface area contributed by atoms with E-state index in [1.165, 1.54) is 109 Å². The first kappa shape index (κ1) is 42.1. The molecule has 0 spiro atoms. The van der Waals surface area contributed by atoms with Crippen molar-refractivity contribution in [2.24, 2.45) is 0 Å². The maximum atomic E-state index is 11.8. The van der Waals surface area contributed by atoms with Crippen molar-refractivity contribution >= 4 is 17.4 Å². The van der Waals surface area contributed by atoms with Crippen molar-refractivity contribution in [3.05, 3.63) is 0 Å². The first-order valence-electron chi connectivity index (χ1n) is 15.5. The summed E-state index contributed by atoms with van der Waals surface area (Å²) in [5.74, 6) is -6.19. The fourth-order valence-electron chi connectivity index (χ4n) is 4.73. The van der Waals surface area contributed by atoms with Gasteiger partial charge in [-0.2, -0.15) is 17.6 Å². The first-order chi connectivity index (χ1) is 18.7. The molecule has 0 unspecified atom stereocenters. The third kappa shape index (κ3) is 17.8. The molecule has 0 aromatic rings. The second-order valence-corrected chi connectivity index (χ2v) is 17.0. The zero-order chi connectivity index (χ0) is 31.1. The van der Waals surface area contributed by atoms with Gasteiger partial charge in [0.2, 0.25) is 0 Å². The van der Waals surface area contributed by atoms with Crippen molar-refractivity contribution in [2.45, 2.75) is 161 Å². The highest BCUT2D eigenvalue weighted by atomic mass is 32.2. The van der Waals surface area contributed by atoms with Gasteiger partial charge in [-0.05, 0) is 32.1 Å². The molecule has 0 heterocycles. The summed E-state index contributed by atoms with van der Waals surface area (Å²) in [6.45, 7) is 9.47. The lowest BCUT2D eigenvalue weighted by molar-refractivity contribution is -0.227. The molecule has 0 N–H and O–H groups in total. The van der Waals surface area contributed by atoms with Crippen molar-refractivity contribution in [1.29, 1.82) is 0 Å². The highest BCUT2D eigenvalue weighted by Crippen LogP contribution is 2.61. The van der Waals surface area contributed by atoms with Crippen molar-refractivity contribution in [3.63, 3.8) is 0 Å². The zero-order valence-electron chi connectivity index (χ0n) is 25.5. The largest absolute Gasteiger partial charge is 0.743 e. The second-order valence-electron chi connectivity index (χ2n) is 11.1. The van der Waals surface area contributed by atoms with Crippen LogP contribution in [0.25, 0.3) is 0 Å². The van der Waals surface area contributed by atoms with E-state index >= 15 is 0 Å². The van der Waals surface area contributed by atoms with Gasteiger partial charge in [-0.15, -0.1) is 0 Å². The quantitative estimate of drug-likeness (QED) is 0.0436. The zero-order valence-corrected chi connectivity index (χ0v) is 27.2. The van der Waals surface area contributed by atoms with Gasteiger partial charge >= 0.3 is 17.6 Å². The molecule has 0 aromatic heterocycles. The van der Waals surface area contributed by atoms with Gasteiger partial charge < -0.3 is 4.55 Å². The van der Waals surface area contributed by atoms with Crippen LogP contribution in [-0.2, 0) is 10.1 Å². The summed E-state index contributed by atoms with van der Waals surface area (Å²) in [7, 11) is -7.44. The summed E-state index contributed by atoms with van der Waals surface area (Å²) >= 11 is 0. The van der Waals surface area contributed by atoms with E-state index in [4.69, 9.17) is 0 Å². The Balaban J connectivity index is 0. The van der Waals surface area contributed by atoms with E-state index in [0.717, 1.165) is 0 Å². The maximum absolute atomic E-state index is 11.8. The third-order valence-corrected chi connectivity index (χ3v) is 13.4. The van der Waals surface area contributed by atoms with Crippen LogP contribution in [0.5, 0.6) is 0 Å². The third-order valence-electron chi connectivity index (χ3n) is 7.42. The predicted molar refractivity (Wildman–Crippen MR) is 158 cm³/mol. The Morgan fingerprint density at radius 1 is 0.550 bits per heavy atom. The molecule has 40 heavy (non-hydrogen) atoms. The van der Waals surface area contributed by atoms with Gasteiger partial charge in [0.15, 0.2) is 10.1 Å². The van der Waals surface area contributed by atoms with Crippen LogP contribution in [0.15, 0.2) is 0 Å². The van der Waals surface area contributed by atoms with Crippen molar-refractivity contribution in [1.82, 2.24) is 0 Å². The molecule has 0 atom stereocenters. The molecule has 0 aliphatic heterocycles. The first-order valence-corrected chi connectivity index (χ1v) is 19.5. The summed E-state index contributed by atoms with van der Waals surface area (Å²) in [6.07, 6.45) is 28.0. The molecular formula is C29H57F6O3PS. The Morgan fingerprint density at radius 2 is 0.825 bits per heavy atom. The Hall–Kier alpha value is -0.0800. The van der Waals surface area contributed by atoms with E-state index in [0.29, 0.717) is 0 Å². The SMILES string of the molecule is CCCCCCCCCCCCCC[P+](CCCC)(CCCC)CCCC.O=S(=O)([O-])C(F)(F)C(F)(F)C(F)F. The monoisotopic (exact) mass is 630 g/mol. The number of hydrogen-bond donors (Lipinski definition) is 0. The van der Waals surface area contributed by atoms with Crippen LogP contribution in [0.4, 0.5) is 26.3 Å². The van der Waals surface area contributed by atoms with Crippen LogP contribution < -0.4 is 0 Å². The highest BCUT2D eigenvalue weighted by Gasteiger charge is 2.67. The van der Waals surface area contributed by atoms with Crippen LogP contribution in [0, 0.1) is 0 Å². The Kier molecular flexibility index (Phi) is 24.6. The summed E-state index contributed by atoms with van der Waals surface area (Å²) < 4.78 is 98.0. The molecule has 0 aliphatic rings. The fourth-order valence-corrected chi connectivity index (χ4v) is 10.4. The normalized spacial score (nSPS) is 13.0. The van der Waals surface area contributed by atoms with E-state index in [1.807, 2.05) is 0 Å². The minimum Gasteiger partial charge on any atom is -0.743 e. The highest BCUT2D eigenvalue weighted by molar-refractivity contribution is 7.86. The van der Waals surface area contributed by atoms with Crippen LogP contribution in [-0.4, -0.2) is 55.2 Å². The fraction of sp³-hybridized carbons (Fsp3) is 1.00. The van der Waals surface area contributed by atoms with Gasteiger partial charge in [-0.3, -0.25) is 0 Å². The number of halogens is 6. The molecule has 0 aromatic carbocycles. The molecule has 244 valence electrons. The number of alkyl halides is 6. The molecule has 3 nitrogen and oxygen atoms in total. The average Bonchev–Trinajstić information content (AvgIpc) is 2.89. The lowest BCUT2D eigenvalue weighted by atomic mass is 10.1. The van der Waals surface area contributed by atoms with E-state index < -0.39 is 35.0 Å². The molecule has 11 heteroatoms. The minimum atomic E-state index is -6.82. The van der Waals surface area contributed by atoms with E-state index in [1.54, 1.807) is 31.1 Å². The molecule has 0 amide bonds. The van der Waals surface area contributed by atoms with Crippen LogP contribution >= 0.6 is 7.26 Å². The summed E-state index contributed by atoms with van der Waals surface area (Å²) in [6, 6.07) is 0. The van der Waals surface area contributed by atoms with Crippen LogP contribution in [0.2, 0.25) is 0 Å². The molecular weight excluding hydrogens is 573 g/mol. The summed E-state index contributed by atoms with van der Waals surface area (Å²) in [5.41, 5.74) is 0. The topological polar surface area (TPSA) is 57.2 Å².